The Morgan fingerprint density at radius 2 is 1.97 bits per heavy atom. The fourth-order valence-electron chi connectivity index (χ4n) is 4.71. The van der Waals surface area contributed by atoms with E-state index in [9.17, 15) is 4.79 Å². The van der Waals surface area contributed by atoms with Crippen molar-refractivity contribution in [2.45, 2.75) is 57.1 Å². The molecule has 0 saturated carbocycles. The van der Waals surface area contributed by atoms with Gasteiger partial charge in [0.2, 0.25) is 0 Å². The Bertz CT molecular complexity index is 866. The van der Waals surface area contributed by atoms with Crippen molar-refractivity contribution in [3.63, 3.8) is 0 Å². The molecule has 1 fully saturated rings. The Morgan fingerprint density at radius 3 is 2.75 bits per heavy atom. The van der Waals surface area contributed by atoms with Crippen LogP contribution in [0.25, 0.3) is 0 Å². The van der Waals surface area contributed by atoms with Crippen molar-refractivity contribution in [3.8, 4) is 0 Å². The van der Waals surface area contributed by atoms with Crippen LogP contribution in [0.4, 0.5) is 5.82 Å². The summed E-state index contributed by atoms with van der Waals surface area (Å²) in [6.07, 6.45) is 7.61. The van der Waals surface area contributed by atoms with E-state index in [2.05, 4.69) is 22.3 Å². The average molecular weight is 438 g/mol. The molecule has 172 valence electrons. The van der Waals surface area contributed by atoms with Crippen molar-refractivity contribution in [2.75, 3.05) is 38.7 Å². The summed E-state index contributed by atoms with van der Waals surface area (Å²) in [4.78, 5) is 19.4. The summed E-state index contributed by atoms with van der Waals surface area (Å²) < 4.78 is 11.2. The lowest BCUT2D eigenvalue weighted by Gasteiger charge is -2.36. The number of rotatable bonds is 9. The maximum absolute atomic E-state index is 12.4. The second-order valence-electron chi connectivity index (χ2n) is 8.74. The van der Waals surface area contributed by atoms with Crippen LogP contribution in [0, 0.1) is 0 Å². The van der Waals surface area contributed by atoms with Crippen molar-refractivity contribution in [3.05, 3.63) is 59.3 Å². The number of pyridine rings is 1. The van der Waals surface area contributed by atoms with E-state index >= 15 is 0 Å². The number of nitrogens with zero attached hydrogens (tertiary/aromatic N) is 2. The van der Waals surface area contributed by atoms with Gasteiger partial charge in [-0.2, -0.15) is 0 Å². The van der Waals surface area contributed by atoms with Gasteiger partial charge in [0, 0.05) is 31.9 Å². The average Bonchev–Trinajstić information content (AvgIpc) is 2.85. The standard InChI is InChI=1S/C26H35N3O3/c1-31-26(30)24(20-8-3-2-4-9-20)29-17-14-23(15-18-29)32-19-6-5-11-22-13-12-21-10-7-16-27-25(21)28-22/h2-4,8-9,12-13,23-24H,5-7,10-11,14-19H2,1H3,(H,27,28). The van der Waals surface area contributed by atoms with E-state index < -0.39 is 0 Å². The molecule has 0 bridgehead atoms. The van der Waals surface area contributed by atoms with Crippen molar-refractivity contribution < 1.29 is 14.3 Å². The quantitative estimate of drug-likeness (QED) is 0.470. The number of methoxy groups -OCH3 is 1. The van der Waals surface area contributed by atoms with Crippen molar-refractivity contribution in [2.24, 2.45) is 0 Å². The van der Waals surface area contributed by atoms with Crippen LogP contribution in [0.15, 0.2) is 42.5 Å². The molecule has 1 aromatic heterocycles. The maximum Gasteiger partial charge on any atom is 0.327 e. The number of fused-ring (bicyclic) bond motifs is 1. The summed E-state index contributed by atoms with van der Waals surface area (Å²) in [6, 6.07) is 14.0. The smallest absolute Gasteiger partial charge is 0.327 e. The normalized spacial score (nSPS) is 17.9. The number of hydrogen-bond acceptors (Lipinski definition) is 6. The largest absolute Gasteiger partial charge is 0.468 e. The number of carbonyl (C=O) groups is 1. The zero-order chi connectivity index (χ0) is 22.2. The lowest BCUT2D eigenvalue weighted by atomic mass is 10.0. The van der Waals surface area contributed by atoms with Crippen molar-refractivity contribution in [1.29, 1.82) is 0 Å². The second-order valence-corrected chi connectivity index (χ2v) is 8.74. The first-order chi connectivity index (χ1) is 15.7. The number of piperidine rings is 1. The molecule has 1 saturated heterocycles. The Balaban J connectivity index is 1.17. The monoisotopic (exact) mass is 437 g/mol. The highest BCUT2D eigenvalue weighted by atomic mass is 16.5. The number of hydrogen-bond donors (Lipinski definition) is 1. The molecule has 2 aliphatic heterocycles. The minimum absolute atomic E-state index is 0.193. The predicted octanol–water partition coefficient (Wildman–Crippen LogP) is 4.16. The highest BCUT2D eigenvalue weighted by Gasteiger charge is 2.31. The van der Waals surface area contributed by atoms with Gasteiger partial charge >= 0.3 is 5.97 Å². The van der Waals surface area contributed by atoms with Gasteiger partial charge in [0.05, 0.1) is 13.2 Å². The van der Waals surface area contributed by atoms with Gasteiger partial charge in [-0.1, -0.05) is 36.4 Å². The van der Waals surface area contributed by atoms with Crippen molar-refractivity contribution in [1.82, 2.24) is 9.88 Å². The first-order valence-corrected chi connectivity index (χ1v) is 12.0. The molecule has 1 aromatic carbocycles. The van der Waals surface area contributed by atoms with E-state index in [1.807, 2.05) is 30.3 Å². The molecule has 1 N–H and O–H groups in total. The summed E-state index contributed by atoms with van der Waals surface area (Å²) in [5.74, 6) is 0.888. The van der Waals surface area contributed by atoms with E-state index in [0.29, 0.717) is 0 Å². The molecule has 1 atom stereocenters. The number of unbranched alkanes of at least 4 members (excludes halogenated alkanes) is 1. The predicted molar refractivity (Wildman–Crippen MR) is 126 cm³/mol. The number of likely N-dealkylation sites (tertiary alicyclic amines) is 1. The molecule has 0 amide bonds. The van der Waals surface area contributed by atoms with Gasteiger partial charge in [-0.05, 0) is 62.1 Å². The third kappa shape index (κ3) is 5.87. The maximum atomic E-state index is 12.4. The molecular weight excluding hydrogens is 402 g/mol. The van der Waals surface area contributed by atoms with Gasteiger partial charge in [0.1, 0.15) is 11.9 Å². The van der Waals surface area contributed by atoms with Crippen LogP contribution in [-0.4, -0.2) is 55.3 Å². The number of nitrogens with one attached hydrogen (secondary N) is 1. The third-order valence-electron chi connectivity index (χ3n) is 6.51. The minimum Gasteiger partial charge on any atom is -0.468 e. The number of aryl methyl sites for hydroxylation is 2. The van der Waals surface area contributed by atoms with Crippen LogP contribution in [0.5, 0.6) is 0 Å². The van der Waals surface area contributed by atoms with E-state index in [1.165, 1.54) is 24.8 Å². The number of aromatic nitrogens is 1. The summed E-state index contributed by atoms with van der Waals surface area (Å²) in [5.41, 5.74) is 3.50. The summed E-state index contributed by atoms with van der Waals surface area (Å²) in [6.45, 7) is 3.49. The highest BCUT2D eigenvalue weighted by molar-refractivity contribution is 5.77. The molecule has 6 nitrogen and oxygen atoms in total. The Kier molecular flexibility index (Phi) is 8.13. The van der Waals surface area contributed by atoms with Gasteiger partial charge in [-0.3, -0.25) is 4.90 Å². The zero-order valence-corrected chi connectivity index (χ0v) is 19.1. The first kappa shape index (κ1) is 22.7. The third-order valence-corrected chi connectivity index (χ3v) is 6.51. The van der Waals surface area contributed by atoms with Crippen LogP contribution in [0.3, 0.4) is 0 Å². The fourth-order valence-corrected chi connectivity index (χ4v) is 4.71. The molecule has 2 aromatic rings. The minimum atomic E-state index is -0.333. The number of benzene rings is 1. The molecule has 0 spiro atoms. The van der Waals surface area contributed by atoms with Gasteiger partial charge in [0.15, 0.2) is 0 Å². The molecular formula is C26H35N3O3. The lowest BCUT2D eigenvalue weighted by Crippen LogP contribution is -2.42. The number of esters is 1. The lowest BCUT2D eigenvalue weighted by molar-refractivity contribution is -0.148. The first-order valence-electron chi connectivity index (χ1n) is 12.0. The Labute approximate surface area is 191 Å². The summed E-state index contributed by atoms with van der Waals surface area (Å²) >= 11 is 0. The molecule has 0 aliphatic carbocycles. The number of carbonyl (C=O) groups excluding carboxylic acids is 1. The molecule has 3 heterocycles. The number of anilines is 1. The summed E-state index contributed by atoms with van der Waals surface area (Å²) in [5, 5.41) is 3.41. The van der Waals surface area contributed by atoms with Gasteiger partial charge < -0.3 is 14.8 Å². The van der Waals surface area contributed by atoms with E-state index in [0.717, 1.165) is 76.1 Å². The van der Waals surface area contributed by atoms with Gasteiger partial charge in [-0.15, -0.1) is 0 Å². The summed E-state index contributed by atoms with van der Waals surface area (Å²) in [7, 11) is 1.46. The molecule has 4 rings (SSSR count). The van der Waals surface area contributed by atoms with Crippen LogP contribution < -0.4 is 5.32 Å². The Morgan fingerprint density at radius 1 is 1.16 bits per heavy atom. The molecule has 0 radical (unpaired) electrons. The van der Waals surface area contributed by atoms with Crippen LogP contribution in [-0.2, 0) is 27.1 Å². The highest BCUT2D eigenvalue weighted by Crippen LogP contribution is 2.27. The molecule has 32 heavy (non-hydrogen) atoms. The SMILES string of the molecule is COC(=O)C(c1ccccc1)N1CCC(OCCCCc2ccc3c(n2)NCCC3)CC1. The van der Waals surface area contributed by atoms with Crippen LogP contribution in [0.2, 0.25) is 0 Å². The molecule has 6 heteroatoms. The number of ether oxygens (including phenoxy) is 2. The zero-order valence-electron chi connectivity index (χ0n) is 19.1. The second kappa shape index (κ2) is 11.4. The van der Waals surface area contributed by atoms with Gasteiger partial charge in [0.25, 0.3) is 0 Å². The van der Waals surface area contributed by atoms with E-state index in [-0.39, 0.29) is 18.1 Å². The Hall–Kier alpha value is -2.44. The van der Waals surface area contributed by atoms with Crippen LogP contribution >= 0.6 is 0 Å². The molecule has 2 aliphatic rings. The van der Waals surface area contributed by atoms with Gasteiger partial charge in [-0.25, -0.2) is 9.78 Å². The topological polar surface area (TPSA) is 63.7 Å². The fraction of sp³-hybridized carbons (Fsp3) is 0.538. The van der Waals surface area contributed by atoms with E-state index in [1.54, 1.807) is 0 Å². The van der Waals surface area contributed by atoms with Crippen molar-refractivity contribution >= 4 is 11.8 Å². The molecule has 1 unspecified atom stereocenters. The van der Waals surface area contributed by atoms with Crippen LogP contribution in [0.1, 0.15) is 55.0 Å². The van der Waals surface area contributed by atoms with E-state index in [4.69, 9.17) is 14.5 Å².